The van der Waals surface area contributed by atoms with E-state index in [0.717, 1.165) is 24.3 Å². The molecule has 0 saturated heterocycles. The van der Waals surface area contributed by atoms with Crippen molar-refractivity contribution in [1.29, 1.82) is 0 Å². The van der Waals surface area contributed by atoms with Crippen LogP contribution in [0.25, 0.3) is 0 Å². The predicted octanol–water partition coefficient (Wildman–Crippen LogP) is 5.47. The van der Waals surface area contributed by atoms with Crippen LogP contribution in [0.5, 0.6) is 11.5 Å². The molecule has 2 atom stereocenters. The van der Waals surface area contributed by atoms with Gasteiger partial charge in [0.05, 0.1) is 13.2 Å². The molecule has 0 fully saturated rings. The molecule has 0 aliphatic heterocycles. The summed E-state index contributed by atoms with van der Waals surface area (Å²) in [5, 5.41) is 0. The van der Waals surface area contributed by atoms with Gasteiger partial charge < -0.3 is 19.3 Å². The van der Waals surface area contributed by atoms with Gasteiger partial charge in [-0.15, -0.1) is 0 Å². The Morgan fingerprint density at radius 3 is 1.25 bits per heavy atom. The minimum Gasteiger partial charge on any atom is -0.494 e. The second kappa shape index (κ2) is 15.4. The second-order valence-electron chi connectivity index (χ2n) is 9.97. The minimum atomic E-state index is -0.190. The lowest BCUT2D eigenvalue weighted by Crippen LogP contribution is -2.32. The quantitative estimate of drug-likeness (QED) is 0.271. The van der Waals surface area contributed by atoms with Gasteiger partial charge in [-0.05, 0) is 102 Å². The highest BCUT2D eigenvalue weighted by Gasteiger charge is 2.26. The van der Waals surface area contributed by atoms with Gasteiger partial charge in [0, 0.05) is 36.1 Å². The molecular weight excluding hydrogens is 452 g/mol. The molecule has 36 heavy (non-hydrogen) atoms. The van der Waals surface area contributed by atoms with Gasteiger partial charge in [-0.25, -0.2) is 0 Å². The van der Waals surface area contributed by atoms with Crippen molar-refractivity contribution in [3.63, 3.8) is 0 Å². The van der Waals surface area contributed by atoms with Crippen molar-refractivity contribution in [2.45, 2.75) is 39.5 Å². The van der Waals surface area contributed by atoms with Gasteiger partial charge in [0.15, 0.2) is 11.6 Å². The van der Waals surface area contributed by atoms with Crippen LogP contribution < -0.4 is 9.47 Å². The van der Waals surface area contributed by atoms with Crippen LogP contribution in [0.3, 0.4) is 0 Å². The predicted molar refractivity (Wildman–Crippen MR) is 146 cm³/mol. The first kappa shape index (κ1) is 29.5. The average molecular weight is 497 g/mol. The Hall–Kier alpha value is -2.70. The molecule has 6 nitrogen and oxygen atoms in total. The van der Waals surface area contributed by atoms with E-state index in [1.165, 1.54) is 0 Å². The van der Waals surface area contributed by atoms with Crippen molar-refractivity contribution in [3.8, 4) is 11.5 Å². The Kier molecular flexibility index (Phi) is 12.6. The van der Waals surface area contributed by atoms with Crippen molar-refractivity contribution in [2.75, 3.05) is 54.5 Å². The molecule has 2 aromatic rings. The molecule has 2 aromatic carbocycles. The molecule has 0 aliphatic rings. The zero-order valence-electron chi connectivity index (χ0n) is 23.0. The van der Waals surface area contributed by atoms with E-state index in [2.05, 4.69) is 13.8 Å². The first-order valence-electron chi connectivity index (χ1n) is 13.1. The second-order valence-corrected chi connectivity index (χ2v) is 9.97. The van der Waals surface area contributed by atoms with E-state index in [0.29, 0.717) is 50.3 Å². The monoisotopic (exact) mass is 496 g/mol. The molecule has 0 saturated carbocycles. The van der Waals surface area contributed by atoms with E-state index in [4.69, 9.17) is 9.47 Å². The number of rotatable bonds is 17. The van der Waals surface area contributed by atoms with Crippen LogP contribution in [0.2, 0.25) is 0 Å². The lowest BCUT2D eigenvalue weighted by Gasteiger charge is -2.24. The van der Waals surface area contributed by atoms with Crippen LogP contribution in [0.15, 0.2) is 48.5 Å². The van der Waals surface area contributed by atoms with E-state index < -0.39 is 0 Å². The lowest BCUT2D eigenvalue weighted by molar-refractivity contribution is 0.0834. The summed E-state index contributed by atoms with van der Waals surface area (Å²) >= 11 is 0. The number of Topliss-reactive ketones (excluding diaryl/α,β-unsaturated/α-hetero) is 2. The minimum absolute atomic E-state index is 0.110. The summed E-state index contributed by atoms with van der Waals surface area (Å²) in [6.45, 7) is 6.72. The van der Waals surface area contributed by atoms with Crippen molar-refractivity contribution < 1.29 is 19.1 Å². The number of carbonyl (C=O) groups is 2. The van der Waals surface area contributed by atoms with Crippen LogP contribution in [0.4, 0.5) is 0 Å². The maximum Gasteiger partial charge on any atom is 0.167 e. The van der Waals surface area contributed by atoms with Crippen LogP contribution in [-0.2, 0) is 0 Å². The Balaban J connectivity index is 2.13. The van der Waals surface area contributed by atoms with Gasteiger partial charge in [0.25, 0.3) is 0 Å². The van der Waals surface area contributed by atoms with E-state index in [1.54, 1.807) is 0 Å². The zero-order chi connectivity index (χ0) is 26.5. The van der Waals surface area contributed by atoms with E-state index >= 15 is 0 Å². The molecule has 6 heteroatoms. The Labute approximate surface area is 217 Å². The summed E-state index contributed by atoms with van der Waals surface area (Å²) in [5.74, 6) is 1.40. The largest absolute Gasteiger partial charge is 0.494 e. The topological polar surface area (TPSA) is 59.1 Å². The molecule has 0 N–H and O–H groups in total. The number of benzene rings is 2. The van der Waals surface area contributed by atoms with Crippen molar-refractivity contribution in [3.05, 3.63) is 59.7 Å². The van der Waals surface area contributed by atoms with Gasteiger partial charge in [-0.2, -0.15) is 0 Å². The Morgan fingerprint density at radius 1 is 0.639 bits per heavy atom. The molecule has 0 spiro atoms. The van der Waals surface area contributed by atoms with E-state index in [-0.39, 0.29) is 23.4 Å². The van der Waals surface area contributed by atoms with Gasteiger partial charge in [0.2, 0.25) is 0 Å². The highest BCUT2D eigenvalue weighted by atomic mass is 16.5. The number of ether oxygens (including phenoxy) is 2. The summed E-state index contributed by atoms with van der Waals surface area (Å²) in [6, 6.07) is 14.8. The molecule has 198 valence electrons. The molecule has 2 rings (SSSR count). The number of hydrogen-bond donors (Lipinski definition) is 0. The summed E-state index contributed by atoms with van der Waals surface area (Å²) in [7, 11) is 7.92. The smallest absolute Gasteiger partial charge is 0.167 e. The first-order valence-corrected chi connectivity index (χ1v) is 13.1. The third-order valence-electron chi connectivity index (χ3n) is 6.00. The third kappa shape index (κ3) is 9.75. The Bertz CT molecular complexity index is 845. The molecular formula is C30H44N2O4. The molecule has 0 bridgehead atoms. The zero-order valence-corrected chi connectivity index (χ0v) is 23.0. The Morgan fingerprint density at radius 2 is 0.972 bits per heavy atom. The highest BCUT2D eigenvalue weighted by molar-refractivity contribution is 5.99. The number of nitrogens with zero attached hydrogens (tertiary/aromatic N) is 2. The van der Waals surface area contributed by atoms with Crippen LogP contribution >= 0.6 is 0 Å². The van der Waals surface area contributed by atoms with Crippen LogP contribution in [0, 0.1) is 11.8 Å². The fraction of sp³-hybridized carbons (Fsp3) is 0.533. The molecule has 0 amide bonds. The maximum atomic E-state index is 13.4. The van der Waals surface area contributed by atoms with E-state index in [9.17, 15) is 9.59 Å². The summed E-state index contributed by atoms with van der Waals surface area (Å²) < 4.78 is 11.3. The SMILES string of the molecule is CCCOc1ccc(C(=O)C(CCC(CN(C)C)C(=O)c2ccc(OCCC)cc2)CN(C)C)cc1. The van der Waals surface area contributed by atoms with Crippen molar-refractivity contribution >= 4 is 11.6 Å². The summed E-state index contributed by atoms with van der Waals surface area (Å²) in [6.07, 6.45) is 3.17. The fourth-order valence-corrected chi connectivity index (χ4v) is 4.24. The van der Waals surface area contributed by atoms with E-state index in [1.807, 2.05) is 86.5 Å². The molecule has 0 heterocycles. The van der Waals surface area contributed by atoms with Crippen molar-refractivity contribution in [2.24, 2.45) is 11.8 Å². The van der Waals surface area contributed by atoms with Gasteiger partial charge >= 0.3 is 0 Å². The fourth-order valence-electron chi connectivity index (χ4n) is 4.24. The molecule has 0 radical (unpaired) electrons. The first-order chi connectivity index (χ1) is 17.2. The number of hydrogen-bond acceptors (Lipinski definition) is 6. The van der Waals surface area contributed by atoms with Gasteiger partial charge in [-0.3, -0.25) is 9.59 Å². The molecule has 2 unspecified atom stereocenters. The molecule has 0 aliphatic carbocycles. The van der Waals surface area contributed by atoms with Crippen LogP contribution in [-0.4, -0.2) is 75.9 Å². The highest BCUT2D eigenvalue weighted by Crippen LogP contribution is 2.24. The third-order valence-corrected chi connectivity index (χ3v) is 6.00. The average Bonchev–Trinajstić information content (AvgIpc) is 2.87. The standard InChI is InChI=1S/C30H44N2O4/c1-7-19-35-27-15-11-23(12-16-27)29(33)25(21-31(3)4)9-10-26(22-32(5)6)30(34)24-13-17-28(18-14-24)36-20-8-2/h11-18,25-26H,7-10,19-22H2,1-6H3. The maximum absolute atomic E-state index is 13.4. The van der Waals surface area contributed by atoms with Crippen LogP contribution in [0.1, 0.15) is 60.2 Å². The molecule has 0 aromatic heterocycles. The van der Waals surface area contributed by atoms with Gasteiger partial charge in [-0.1, -0.05) is 13.8 Å². The summed E-state index contributed by atoms with van der Waals surface area (Å²) in [4.78, 5) is 30.9. The number of carbonyl (C=O) groups excluding carboxylic acids is 2. The lowest BCUT2D eigenvalue weighted by atomic mass is 9.86. The van der Waals surface area contributed by atoms with Gasteiger partial charge in [0.1, 0.15) is 11.5 Å². The van der Waals surface area contributed by atoms with Crippen molar-refractivity contribution in [1.82, 2.24) is 9.80 Å². The normalized spacial score (nSPS) is 13.0. The number of ketones is 2. The summed E-state index contributed by atoms with van der Waals surface area (Å²) in [5.41, 5.74) is 1.37.